The normalized spacial score (nSPS) is 11.4. The summed E-state index contributed by atoms with van der Waals surface area (Å²) in [5.74, 6) is 0.804. The summed E-state index contributed by atoms with van der Waals surface area (Å²) < 4.78 is 5.85. The van der Waals surface area contributed by atoms with E-state index in [2.05, 4.69) is 42.9 Å². The maximum Gasteiger partial charge on any atom is 0.321 e. The maximum atomic E-state index is 5.85. The zero-order valence-electron chi connectivity index (χ0n) is 12.5. The van der Waals surface area contributed by atoms with Gasteiger partial charge < -0.3 is 10.5 Å². The van der Waals surface area contributed by atoms with Gasteiger partial charge in [-0.3, -0.25) is 0 Å². The smallest absolute Gasteiger partial charge is 0.321 e. The Hall–Kier alpha value is -1.94. The van der Waals surface area contributed by atoms with Crippen molar-refractivity contribution in [2.24, 2.45) is 5.73 Å². The van der Waals surface area contributed by atoms with Crippen LogP contribution in [0.1, 0.15) is 37.5 Å². The van der Waals surface area contributed by atoms with Crippen LogP contribution < -0.4 is 10.5 Å². The van der Waals surface area contributed by atoms with E-state index in [0.717, 1.165) is 22.4 Å². The molecular formula is C16H21N3O. The van der Waals surface area contributed by atoms with Gasteiger partial charge in [0.1, 0.15) is 5.75 Å². The van der Waals surface area contributed by atoms with E-state index in [4.69, 9.17) is 10.5 Å². The van der Waals surface area contributed by atoms with E-state index in [1.54, 1.807) is 12.4 Å². The predicted octanol–water partition coefficient (Wildman–Crippen LogP) is 3.33. The molecule has 2 N–H and O–H groups in total. The second-order valence-electron chi connectivity index (χ2n) is 5.93. The molecule has 4 heteroatoms. The molecule has 0 bridgehead atoms. The second kappa shape index (κ2) is 5.59. The van der Waals surface area contributed by atoms with E-state index < -0.39 is 0 Å². The number of hydrogen-bond donors (Lipinski definition) is 1. The molecule has 0 amide bonds. The average molecular weight is 271 g/mol. The van der Waals surface area contributed by atoms with Crippen LogP contribution in [0.15, 0.2) is 30.6 Å². The van der Waals surface area contributed by atoms with E-state index in [1.165, 1.54) is 0 Å². The molecule has 1 aromatic carbocycles. The Morgan fingerprint density at radius 3 is 2.35 bits per heavy atom. The summed E-state index contributed by atoms with van der Waals surface area (Å²) in [7, 11) is 0. The number of benzene rings is 1. The van der Waals surface area contributed by atoms with Crippen molar-refractivity contribution in [3.05, 3.63) is 47.3 Å². The van der Waals surface area contributed by atoms with E-state index in [0.29, 0.717) is 12.6 Å². The van der Waals surface area contributed by atoms with Crippen LogP contribution in [0.25, 0.3) is 0 Å². The summed E-state index contributed by atoms with van der Waals surface area (Å²) in [5.41, 5.74) is 8.70. The van der Waals surface area contributed by atoms with Crippen molar-refractivity contribution in [3.63, 3.8) is 0 Å². The van der Waals surface area contributed by atoms with Crippen LogP contribution in [-0.2, 0) is 12.0 Å². The van der Waals surface area contributed by atoms with E-state index in [9.17, 15) is 0 Å². The fourth-order valence-corrected chi connectivity index (χ4v) is 1.93. The van der Waals surface area contributed by atoms with E-state index >= 15 is 0 Å². The molecule has 0 atom stereocenters. The molecule has 0 saturated heterocycles. The first-order valence-corrected chi connectivity index (χ1v) is 6.70. The van der Waals surface area contributed by atoms with Gasteiger partial charge in [-0.05, 0) is 24.0 Å². The Morgan fingerprint density at radius 2 is 1.80 bits per heavy atom. The third kappa shape index (κ3) is 3.33. The molecule has 0 saturated carbocycles. The maximum absolute atomic E-state index is 5.85. The molecule has 106 valence electrons. The van der Waals surface area contributed by atoms with E-state index in [1.807, 2.05) is 13.0 Å². The van der Waals surface area contributed by atoms with Crippen LogP contribution in [0.4, 0.5) is 0 Å². The minimum atomic E-state index is 0.000231. The van der Waals surface area contributed by atoms with Gasteiger partial charge in [-0.1, -0.05) is 32.9 Å². The Kier molecular flexibility index (Phi) is 4.04. The lowest BCUT2D eigenvalue weighted by atomic mass is 9.86. The van der Waals surface area contributed by atoms with Gasteiger partial charge in [0.05, 0.1) is 0 Å². The summed E-state index contributed by atoms with van der Waals surface area (Å²) >= 11 is 0. The lowest BCUT2D eigenvalue weighted by Gasteiger charge is -2.22. The van der Waals surface area contributed by atoms with Crippen molar-refractivity contribution in [1.82, 2.24) is 9.97 Å². The zero-order valence-corrected chi connectivity index (χ0v) is 12.5. The highest BCUT2D eigenvalue weighted by Crippen LogP contribution is 2.33. The van der Waals surface area contributed by atoms with Gasteiger partial charge in [0.25, 0.3) is 0 Å². The van der Waals surface area contributed by atoms with Gasteiger partial charge in [0.2, 0.25) is 0 Å². The molecule has 1 heterocycles. The molecule has 20 heavy (non-hydrogen) atoms. The Bertz CT molecular complexity index is 586. The van der Waals surface area contributed by atoms with Gasteiger partial charge in [-0.25, -0.2) is 9.97 Å². The number of aromatic nitrogens is 2. The van der Waals surface area contributed by atoms with Crippen LogP contribution in [0.5, 0.6) is 11.8 Å². The number of ether oxygens (including phenoxy) is 1. The van der Waals surface area contributed by atoms with Crippen molar-refractivity contribution < 1.29 is 4.74 Å². The lowest BCUT2D eigenvalue weighted by Crippen LogP contribution is -2.13. The first-order chi connectivity index (χ1) is 9.40. The van der Waals surface area contributed by atoms with Crippen molar-refractivity contribution in [2.45, 2.75) is 39.7 Å². The van der Waals surface area contributed by atoms with Crippen molar-refractivity contribution in [1.29, 1.82) is 0 Å². The molecule has 0 aliphatic heterocycles. The highest BCUT2D eigenvalue weighted by molar-refractivity contribution is 5.42. The topological polar surface area (TPSA) is 61.0 Å². The van der Waals surface area contributed by atoms with Gasteiger partial charge in [0.15, 0.2) is 0 Å². The second-order valence-corrected chi connectivity index (χ2v) is 5.93. The van der Waals surface area contributed by atoms with Gasteiger partial charge in [-0.2, -0.15) is 0 Å². The molecule has 1 aromatic heterocycles. The summed E-state index contributed by atoms with van der Waals surface area (Å²) in [6.07, 6.45) is 3.38. The fourth-order valence-electron chi connectivity index (χ4n) is 1.93. The Morgan fingerprint density at radius 1 is 1.15 bits per heavy atom. The van der Waals surface area contributed by atoms with Gasteiger partial charge in [0, 0.05) is 30.1 Å². The highest BCUT2D eigenvalue weighted by Gasteiger charge is 2.19. The zero-order chi connectivity index (χ0) is 14.8. The number of hydrogen-bond acceptors (Lipinski definition) is 4. The minimum absolute atomic E-state index is 0.000231. The highest BCUT2D eigenvalue weighted by atomic mass is 16.5. The number of aryl methyl sites for hydroxylation is 1. The summed E-state index contributed by atoms with van der Waals surface area (Å²) in [4.78, 5) is 8.37. The molecular weight excluding hydrogens is 250 g/mol. The molecule has 0 unspecified atom stereocenters. The SMILES string of the molecule is Cc1ccc(C(C)(C)C)c(Oc2ncc(CN)cn2)c1. The third-order valence-corrected chi connectivity index (χ3v) is 3.06. The number of rotatable bonds is 3. The van der Waals surface area contributed by atoms with Crippen LogP contribution in [0.3, 0.4) is 0 Å². The average Bonchev–Trinajstić information content (AvgIpc) is 2.38. The van der Waals surface area contributed by atoms with Crippen LogP contribution >= 0.6 is 0 Å². The predicted molar refractivity (Wildman–Crippen MR) is 79.9 cm³/mol. The molecule has 4 nitrogen and oxygen atoms in total. The van der Waals surface area contributed by atoms with Gasteiger partial charge >= 0.3 is 6.01 Å². The number of nitrogens with two attached hydrogens (primary N) is 1. The molecule has 0 spiro atoms. The summed E-state index contributed by atoms with van der Waals surface area (Å²) in [6, 6.07) is 6.55. The molecule has 0 radical (unpaired) electrons. The van der Waals surface area contributed by atoms with Crippen molar-refractivity contribution in [2.75, 3.05) is 0 Å². The van der Waals surface area contributed by atoms with Crippen LogP contribution in [0.2, 0.25) is 0 Å². The summed E-state index contributed by atoms with van der Waals surface area (Å²) in [5, 5.41) is 0. The quantitative estimate of drug-likeness (QED) is 0.930. The first-order valence-electron chi connectivity index (χ1n) is 6.70. The minimum Gasteiger partial charge on any atom is -0.424 e. The lowest BCUT2D eigenvalue weighted by molar-refractivity contribution is 0.421. The largest absolute Gasteiger partial charge is 0.424 e. The summed E-state index contributed by atoms with van der Waals surface area (Å²) in [6.45, 7) is 8.93. The fraction of sp³-hybridized carbons (Fsp3) is 0.375. The standard InChI is InChI=1S/C16H21N3O/c1-11-5-6-13(16(2,3)4)14(7-11)20-15-18-9-12(8-17)10-19-15/h5-7,9-10H,8,17H2,1-4H3. The van der Waals surface area contributed by atoms with Gasteiger partial charge in [-0.15, -0.1) is 0 Å². The van der Waals surface area contributed by atoms with Crippen molar-refractivity contribution in [3.8, 4) is 11.8 Å². The molecule has 0 fully saturated rings. The monoisotopic (exact) mass is 271 g/mol. The van der Waals surface area contributed by atoms with Crippen LogP contribution in [-0.4, -0.2) is 9.97 Å². The molecule has 2 rings (SSSR count). The van der Waals surface area contributed by atoms with Crippen molar-refractivity contribution >= 4 is 0 Å². The Balaban J connectivity index is 2.34. The third-order valence-electron chi connectivity index (χ3n) is 3.06. The van der Waals surface area contributed by atoms with Crippen LogP contribution in [0, 0.1) is 6.92 Å². The molecule has 2 aromatic rings. The molecule has 0 aliphatic rings. The Labute approximate surface area is 120 Å². The molecule has 0 aliphatic carbocycles. The number of nitrogens with zero attached hydrogens (tertiary/aromatic N) is 2. The first kappa shape index (κ1) is 14.5. The van der Waals surface area contributed by atoms with E-state index in [-0.39, 0.29) is 5.41 Å².